The molecule has 0 fully saturated rings. The zero-order chi connectivity index (χ0) is 17.5. The van der Waals surface area contributed by atoms with Crippen LogP contribution in [0.25, 0.3) is 11.0 Å². The van der Waals surface area contributed by atoms with Crippen molar-refractivity contribution in [3.63, 3.8) is 0 Å². The largest absolute Gasteiger partial charge is 0.502 e. The Morgan fingerprint density at radius 3 is 2.38 bits per heavy atom. The summed E-state index contributed by atoms with van der Waals surface area (Å²) in [5.41, 5.74) is 0.745. The number of benzene rings is 2. The van der Waals surface area contributed by atoms with Crippen LogP contribution < -0.4 is 9.81 Å². The Bertz CT molecular complexity index is 1080. The van der Waals surface area contributed by atoms with E-state index < -0.39 is 21.5 Å². The zero-order valence-corrected chi connectivity index (χ0v) is 13.8. The molecule has 0 spiro atoms. The smallest absolute Gasteiger partial charge is 0.339 e. The van der Waals surface area contributed by atoms with Crippen molar-refractivity contribution in [3.8, 4) is 11.5 Å². The Kier molecular flexibility index (Phi) is 3.81. The average molecular weight is 346 g/mol. The molecule has 7 heteroatoms. The molecule has 24 heavy (non-hydrogen) atoms. The topological polar surface area (TPSA) is 93.8 Å². The molecule has 124 valence electrons. The summed E-state index contributed by atoms with van der Waals surface area (Å²) in [6, 6.07) is 10.2. The molecule has 0 amide bonds. The maximum absolute atomic E-state index is 12.3. The van der Waals surface area contributed by atoms with Crippen LogP contribution in [0.15, 0.2) is 56.6 Å². The van der Waals surface area contributed by atoms with Crippen LogP contribution in [0.3, 0.4) is 0 Å². The highest BCUT2D eigenvalue weighted by Crippen LogP contribution is 2.36. The Labute approximate surface area is 138 Å². The third-order valence-electron chi connectivity index (χ3n) is 3.57. The monoisotopic (exact) mass is 346 g/mol. The van der Waals surface area contributed by atoms with Gasteiger partial charge in [-0.25, -0.2) is 4.79 Å². The number of rotatable bonds is 3. The summed E-state index contributed by atoms with van der Waals surface area (Å²) >= 11 is 0. The molecule has 0 saturated heterocycles. The standard InChI is InChI=1S/C17H14O6S/c1-10-3-5-12(6-4-10)24(20,21)23-14-8-7-13-11(2)9-15(18)22-17(13)16(14)19/h3-9,19H,1-2H3. The van der Waals surface area contributed by atoms with E-state index >= 15 is 0 Å². The van der Waals surface area contributed by atoms with E-state index in [0.717, 1.165) is 5.56 Å². The van der Waals surface area contributed by atoms with Crippen LogP contribution in [0.4, 0.5) is 0 Å². The lowest BCUT2D eigenvalue weighted by Gasteiger charge is -2.10. The molecule has 0 bridgehead atoms. The van der Waals surface area contributed by atoms with Crippen molar-refractivity contribution in [1.29, 1.82) is 0 Å². The molecule has 2 aromatic carbocycles. The average Bonchev–Trinajstić information content (AvgIpc) is 2.51. The molecule has 0 aliphatic rings. The first-order valence-electron chi connectivity index (χ1n) is 7.05. The van der Waals surface area contributed by atoms with Gasteiger partial charge in [0.15, 0.2) is 11.3 Å². The summed E-state index contributed by atoms with van der Waals surface area (Å²) in [7, 11) is -4.12. The van der Waals surface area contributed by atoms with E-state index in [2.05, 4.69) is 0 Å². The van der Waals surface area contributed by atoms with Crippen molar-refractivity contribution in [3.05, 3.63) is 64.0 Å². The van der Waals surface area contributed by atoms with Gasteiger partial charge in [-0.3, -0.25) is 0 Å². The number of aryl methyl sites for hydroxylation is 2. The summed E-state index contributed by atoms with van der Waals surface area (Å²) in [6.07, 6.45) is 0. The van der Waals surface area contributed by atoms with Gasteiger partial charge in [0, 0.05) is 11.5 Å². The molecule has 0 radical (unpaired) electrons. The summed E-state index contributed by atoms with van der Waals surface area (Å²) in [5, 5.41) is 10.7. The number of phenolic OH excluding ortho intramolecular Hbond substituents is 1. The van der Waals surface area contributed by atoms with Crippen LogP contribution in [0.1, 0.15) is 11.1 Å². The van der Waals surface area contributed by atoms with Gasteiger partial charge in [0.2, 0.25) is 5.75 Å². The Morgan fingerprint density at radius 2 is 1.71 bits per heavy atom. The van der Waals surface area contributed by atoms with Gasteiger partial charge in [-0.1, -0.05) is 17.7 Å². The van der Waals surface area contributed by atoms with E-state index in [1.165, 1.54) is 30.3 Å². The van der Waals surface area contributed by atoms with Gasteiger partial charge in [-0.05, 0) is 43.7 Å². The highest BCUT2D eigenvalue weighted by atomic mass is 32.2. The van der Waals surface area contributed by atoms with Gasteiger partial charge in [-0.15, -0.1) is 0 Å². The fourth-order valence-electron chi connectivity index (χ4n) is 2.29. The Hall–Kier alpha value is -2.80. The third-order valence-corrected chi connectivity index (χ3v) is 4.81. The first kappa shape index (κ1) is 16.1. The minimum absolute atomic E-state index is 0.0432. The zero-order valence-electron chi connectivity index (χ0n) is 12.9. The van der Waals surface area contributed by atoms with E-state index in [0.29, 0.717) is 10.9 Å². The van der Waals surface area contributed by atoms with Gasteiger partial charge in [0.05, 0.1) is 0 Å². The number of phenols is 1. The third kappa shape index (κ3) is 2.85. The van der Waals surface area contributed by atoms with E-state index in [1.54, 1.807) is 19.1 Å². The molecule has 0 atom stereocenters. The van der Waals surface area contributed by atoms with Gasteiger partial charge in [0.1, 0.15) is 4.90 Å². The molecule has 6 nitrogen and oxygen atoms in total. The van der Waals surface area contributed by atoms with Crippen molar-refractivity contribution in [2.45, 2.75) is 18.7 Å². The summed E-state index contributed by atoms with van der Waals surface area (Å²) in [5.74, 6) is -0.846. The van der Waals surface area contributed by atoms with Crippen LogP contribution in [0.2, 0.25) is 0 Å². The lowest BCUT2D eigenvalue weighted by Crippen LogP contribution is -2.10. The van der Waals surface area contributed by atoms with Crippen molar-refractivity contribution < 1.29 is 22.1 Å². The van der Waals surface area contributed by atoms with Crippen molar-refractivity contribution in [1.82, 2.24) is 0 Å². The van der Waals surface area contributed by atoms with Crippen LogP contribution in [0.5, 0.6) is 11.5 Å². The predicted octanol–water partition coefficient (Wildman–Crippen LogP) is 2.88. The summed E-state index contributed by atoms with van der Waals surface area (Å²) in [4.78, 5) is 11.4. The van der Waals surface area contributed by atoms with Crippen LogP contribution >= 0.6 is 0 Å². The van der Waals surface area contributed by atoms with Gasteiger partial charge >= 0.3 is 15.7 Å². The highest BCUT2D eigenvalue weighted by molar-refractivity contribution is 7.87. The van der Waals surface area contributed by atoms with E-state index in [4.69, 9.17) is 8.60 Å². The number of hydrogen-bond acceptors (Lipinski definition) is 6. The molecular formula is C17H14O6S. The first-order valence-corrected chi connectivity index (χ1v) is 8.46. The second-order valence-corrected chi connectivity index (χ2v) is 6.93. The number of aromatic hydroxyl groups is 1. The number of fused-ring (bicyclic) bond motifs is 1. The molecular weight excluding hydrogens is 332 g/mol. The van der Waals surface area contributed by atoms with Gasteiger partial charge in [0.25, 0.3) is 0 Å². The van der Waals surface area contributed by atoms with Crippen LogP contribution in [0, 0.1) is 13.8 Å². The minimum Gasteiger partial charge on any atom is -0.502 e. The molecule has 3 rings (SSSR count). The lowest BCUT2D eigenvalue weighted by molar-refractivity contribution is 0.420. The maximum atomic E-state index is 12.3. The molecule has 0 aliphatic carbocycles. The summed E-state index contributed by atoms with van der Waals surface area (Å²) < 4.78 is 34.6. The van der Waals surface area contributed by atoms with E-state index in [-0.39, 0.29) is 16.2 Å². The molecule has 3 aromatic rings. The van der Waals surface area contributed by atoms with Gasteiger partial charge < -0.3 is 13.7 Å². The van der Waals surface area contributed by atoms with Crippen LogP contribution in [-0.4, -0.2) is 13.5 Å². The quantitative estimate of drug-likeness (QED) is 0.579. The van der Waals surface area contributed by atoms with Gasteiger partial charge in [-0.2, -0.15) is 8.42 Å². The second-order valence-electron chi connectivity index (χ2n) is 5.39. The van der Waals surface area contributed by atoms with Crippen molar-refractivity contribution in [2.24, 2.45) is 0 Å². The molecule has 0 saturated carbocycles. The Morgan fingerprint density at radius 1 is 1.04 bits per heavy atom. The van der Waals surface area contributed by atoms with Crippen molar-refractivity contribution in [2.75, 3.05) is 0 Å². The molecule has 1 aromatic heterocycles. The molecule has 0 unspecified atom stereocenters. The fraction of sp³-hybridized carbons (Fsp3) is 0.118. The van der Waals surface area contributed by atoms with Crippen molar-refractivity contribution >= 4 is 21.1 Å². The number of hydrogen-bond donors (Lipinski definition) is 1. The normalized spacial score (nSPS) is 11.6. The first-order chi connectivity index (χ1) is 11.3. The van der Waals surface area contributed by atoms with E-state index in [9.17, 15) is 18.3 Å². The predicted molar refractivity (Wildman–Crippen MR) is 87.9 cm³/mol. The molecule has 0 aliphatic heterocycles. The maximum Gasteiger partial charge on any atom is 0.339 e. The SMILES string of the molecule is Cc1ccc(S(=O)(=O)Oc2ccc3c(C)cc(=O)oc3c2O)cc1. The minimum atomic E-state index is -4.12. The molecule has 1 N–H and O–H groups in total. The Balaban J connectivity index is 2.09. The lowest BCUT2D eigenvalue weighted by atomic mass is 10.1. The fourth-order valence-corrected chi connectivity index (χ4v) is 3.23. The van der Waals surface area contributed by atoms with Crippen LogP contribution in [-0.2, 0) is 10.1 Å². The summed E-state index contributed by atoms with van der Waals surface area (Å²) in [6.45, 7) is 3.51. The second kappa shape index (κ2) is 5.68. The highest BCUT2D eigenvalue weighted by Gasteiger charge is 2.21. The van der Waals surface area contributed by atoms with E-state index in [1.807, 2.05) is 6.92 Å². The molecule has 1 heterocycles.